The summed E-state index contributed by atoms with van der Waals surface area (Å²) in [6.45, 7) is 6.97. The number of aliphatic carboxylic acids is 1. The van der Waals surface area contributed by atoms with Crippen LogP contribution >= 0.6 is 27.7 Å². The van der Waals surface area contributed by atoms with Crippen molar-refractivity contribution in [3.05, 3.63) is 11.1 Å². The number of carboxylic acids is 1. The average molecular weight is 239 g/mol. The van der Waals surface area contributed by atoms with Gasteiger partial charge in [-0.15, -0.1) is 11.8 Å². The van der Waals surface area contributed by atoms with Crippen molar-refractivity contribution in [3.63, 3.8) is 0 Å². The molecule has 0 saturated heterocycles. The summed E-state index contributed by atoms with van der Waals surface area (Å²) in [6.07, 6.45) is 0. The van der Waals surface area contributed by atoms with Gasteiger partial charge >= 0.3 is 5.97 Å². The molecule has 2 nitrogen and oxygen atoms in total. The van der Waals surface area contributed by atoms with Gasteiger partial charge in [0.2, 0.25) is 0 Å². The molecule has 0 rings (SSSR count). The molecule has 4 heteroatoms. The molecule has 0 aromatic carbocycles. The minimum Gasteiger partial charge on any atom is -0.480 e. The van der Waals surface area contributed by atoms with Crippen molar-refractivity contribution in [1.82, 2.24) is 0 Å². The van der Waals surface area contributed by atoms with Crippen molar-refractivity contribution in [2.45, 2.75) is 18.6 Å². The summed E-state index contributed by atoms with van der Waals surface area (Å²) in [4.78, 5) is 10.6. The fourth-order valence-electron chi connectivity index (χ4n) is 0.320. The monoisotopic (exact) mass is 238 g/mol. The van der Waals surface area contributed by atoms with Gasteiger partial charge in [0, 0.05) is 5.75 Å². The predicted octanol–water partition coefficient (Wildman–Crippen LogP) is 2.49. The fourth-order valence-corrected chi connectivity index (χ4v) is 1.30. The van der Waals surface area contributed by atoms with Crippen molar-refractivity contribution >= 4 is 33.7 Å². The molecular formula is C7H11BrO2S. The maximum Gasteiger partial charge on any atom is 0.319 e. The molecule has 0 aliphatic rings. The van der Waals surface area contributed by atoms with Crippen LogP contribution in [0.1, 0.15) is 13.8 Å². The van der Waals surface area contributed by atoms with E-state index >= 15 is 0 Å². The molecular weight excluding hydrogens is 228 g/mol. The van der Waals surface area contributed by atoms with Crippen LogP contribution in [0.15, 0.2) is 11.1 Å². The highest BCUT2D eigenvalue weighted by atomic mass is 79.9. The molecule has 64 valence electrons. The Bertz CT molecular complexity index is 177. The Morgan fingerprint density at radius 2 is 2.18 bits per heavy atom. The lowest BCUT2D eigenvalue weighted by molar-refractivity contribution is -0.138. The van der Waals surface area contributed by atoms with Crippen LogP contribution in [0.5, 0.6) is 0 Å². The molecule has 0 atom stereocenters. The largest absolute Gasteiger partial charge is 0.480 e. The van der Waals surface area contributed by atoms with Gasteiger partial charge in [0.15, 0.2) is 0 Å². The lowest BCUT2D eigenvalue weighted by atomic mass is 10.2. The van der Waals surface area contributed by atoms with Gasteiger partial charge in [-0.25, -0.2) is 0 Å². The van der Waals surface area contributed by atoms with E-state index in [1.54, 1.807) is 13.8 Å². The maximum absolute atomic E-state index is 10.6. The van der Waals surface area contributed by atoms with Crippen molar-refractivity contribution in [2.75, 3.05) is 5.75 Å². The Balaban J connectivity index is 3.92. The Labute approximate surface area is 79.2 Å². The van der Waals surface area contributed by atoms with Crippen LogP contribution in [-0.2, 0) is 4.79 Å². The third-order valence-corrected chi connectivity index (χ3v) is 3.15. The average Bonchev–Trinajstić information content (AvgIpc) is 1.84. The molecule has 0 aliphatic heterocycles. The molecule has 0 saturated carbocycles. The minimum absolute atomic E-state index is 0.624. The quantitative estimate of drug-likeness (QED) is 0.818. The zero-order chi connectivity index (χ0) is 9.07. The highest BCUT2D eigenvalue weighted by molar-refractivity contribution is 9.11. The summed E-state index contributed by atoms with van der Waals surface area (Å²) in [5.41, 5.74) is 0. The SMILES string of the molecule is C=C(Br)CSC(C)(C)C(=O)O. The van der Waals surface area contributed by atoms with Crippen molar-refractivity contribution < 1.29 is 9.90 Å². The fraction of sp³-hybridized carbons (Fsp3) is 0.571. The lowest BCUT2D eigenvalue weighted by Gasteiger charge is -2.17. The number of carbonyl (C=O) groups is 1. The molecule has 0 fully saturated rings. The van der Waals surface area contributed by atoms with E-state index in [-0.39, 0.29) is 0 Å². The third-order valence-electron chi connectivity index (χ3n) is 1.10. The summed E-state index contributed by atoms with van der Waals surface area (Å²) >= 11 is 4.52. The summed E-state index contributed by atoms with van der Waals surface area (Å²) in [7, 11) is 0. The normalized spacial score (nSPS) is 11.2. The predicted molar refractivity (Wildman–Crippen MR) is 52.2 cm³/mol. The smallest absolute Gasteiger partial charge is 0.319 e. The summed E-state index contributed by atoms with van der Waals surface area (Å²) in [5, 5.41) is 8.69. The number of hydrogen-bond donors (Lipinski definition) is 1. The van der Waals surface area contributed by atoms with Gasteiger partial charge in [0.1, 0.15) is 4.75 Å². The maximum atomic E-state index is 10.6. The summed E-state index contributed by atoms with van der Waals surface area (Å²) < 4.78 is 0.0910. The van der Waals surface area contributed by atoms with E-state index in [2.05, 4.69) is 22.5 Å². The van der Waals surface area contributed by atoms with Gasteiger partial charge in [0.05, 0.1) is 0 Å². The Hall–Kier alpha value is 0.0400. The molecule has 11 heavy (non-hydrogen) atoms. The van der Waals surface area contributed by atoms with E-state index < -0.39 is 10.7 Å². The zero-order valence-electron chi connectivity index (χ0n) is 6.56. The molecule has 0 bridgehead atoms. The van der Waals surface area contributed by atoms with E-state index in [1.807, 2.05) is 0 Å². The van der Waals surface area contributed by atoms with Crippen LogP contribution in [-0.4, -0.2) is 21.6 Å². The molecule has 0 unspecified atom stereocenters. The standard InChI is InChI=1S/C7H11BrO2S/c1-5(8)4-11-7(2,3)6(9)10/h1,4H2,2-3H3,(H,9,10). The molecule has 1 N–H and O–H groups in total. The van der Waals surface area contributed by atoms with Crippen LogP contribution in [0, 0.1) is 0 Å². The van der Waals surface area contributed by atoms with Gasteiger partial charge in [-0.1, -0.05) is 22.5 Å². The van der Waals surface area contributed by atoms with Gasteiger partial charge in [-0.2, -0.15) is 0 Å². The summed E-state index contributed by atoms with van der Waals surface area (Å²) in [5.74, 6) is -0.171. The summed E-state index contributed by atoms with van der Waals surface area (Å²) in [6, 6.07) is 0. The van der Waals surface area contributed by atoms with Gasteiger partial charge < -0.3 is 5.11 Å². The highest BCUT2D eigenvalue weighted by Gasteiger charge is 2.27. The number of halogens is 1. The molecule has 0 aromatic heterocycles. The van der Waals surface area contributed by atoms with E-state index in [4.69, 9.17) is 5.11 Å². The van der Waals surface area contributed by atoms with Gasteiger partial charge in [-0.05, 0) is 18.3 Å². The van der Waals surface area contributed by atoms with Gasteiger partial charge in [0.25, 0.3) is 0 Å². The zero-order valence-corrected chi connectivity index (χ0v) is 8.96. The van der Waals surface area contributed by atoms with Crippen LogP contribution in [0.2, 0.25) is 0 Å². The Morgan fingerprint density at radius 1 is 1.73 bits per heavy atom. The second kappa shape index (κ2) is 4.16. The molecule has 0 spiro atoms. The number of carboxylic acid groups (broad SMARTS) is 1. The first-order valence-corrected chi connectivity index (χ1v) is 4.85. The van der Waals surface area contributed by atoms with E-state index in [1.165, 1.54) is 11.8 Å². The van der Waals surface area contributed by atoms with Crippen LogP contribution in [0.3, 0.4) is 0 Å². The first-order chi connectivity index (χ1) is 4.86. The number of thioether (sulfide) groups is 1. The second-order valence-corrected chi connectivity index (χ2v) is 5.34. The van der Waals surface area contributed by atoms with Crippen LogP contribution in [0.25, 0.3) is 0 Å². The minimum atomic E-state index is -0.795. The Kier molecular flexibility index (Phi) is 4.18. The van der Waals surface area contributed by atoms with Crippen molar-refractivity contribution in [3.8, 4) is 0 Å². The molecule has 0 radical (unpaired) electrons. The molecule has 0 aromatic rings. The van der Waals surface area contributed by atoms with E-state index in [0.717, 1.165) is 4.48 Å². The lowest BCUT2D eigenvalue weighted by Crippen LogP contribution is -2.27. The first-order valence-electron chi connectivity index (χ1n) is 3.07. The van der Waals surface area contributed by atoms with E-state index in [9.17, 15) is 4.79 Å². The first kappa shape index (κ1) is 11.0. The molecule has 0 aliphatic carbocycles. The van der Waals surface area contributed by atoms with Crippen LogP contribution < -0.4 is 0 Å². The van der Waals surface area contributed by atoms with Crippen molar-refractivity contribution in [2.24, 2.45) is 0 Å². The number of hydrogen-bond acceptors (Lipinski definition) is 2. The van der Waals surface area contributed by atoms with E-state index in [0.29, 0.717) is 5.75 Å². The third kappa shape index (κ3) is 4.48. The van der Waals surface area contributed by atoms with Gasteiger partial charge in [-0.3, -0.25) is 4.79 Å². The van der Waals surface area contributed by atoms with Crippen molar-refractivity contribution in [1.29, 1.82) is 0 Å². The molecule has 0 amide bonds. The Morgan fingerprint density at radius 3 is 2.45 bits per heavy atom. The van der Waals surface area contributed by atoms with Crippen LogP contribution in [0.4, 0.5) is 0 Å². The highest BCUT2D eigenvalue weighted by Crippen LogP contribution is 2.27. The topological polar surface area (TPSA) is 37.3 Å². The molecule has 0 heterocycles. The second-order valence-electron chi connectivity index (χ2n) is 2.62. The number of rotatable bonds is 4.